The number of halogens is 2. The van der Waals surface area contributed by atoms with Crippen LogP contribution in [0.3, 0.4) is 0 Å². The number of tetrazole rings is 1. The van der Waals surface area contributed by atoms with E-state index >= 15 is 0 Å². The van der Waals surface area contributed by atoms with Gasteiger partial charge in [0, 0.05) is 30.9 Å². The number of aryl methyl sites for hydroxylation is 2. The Balaban J connectivity index is 1.16. The Hall–Kier alpha value is -4.97. The number of imidazole rings is 1. The normalized spacial score (nSPS) is 11.3. The van der Waals surface area contributed by atoms with Gasteiger partial charge in [-0.15, -0.1) is 15.3 Å². The number of nitrogens with zero attached hydrogens (tertiary/aromatic N) is 9. The van der Waals surface area contributed by atoms with Gasteiger partial charge in [0.1, 0.15) is 5.82 Å². The Labute approximate surface area is 264 Å². The van der Waals surface area contributed by atoms with Crippen molar-refractivity contribution in [1.29, 1.82) is 0 Å². The van der Waals surface area contributed by atoms with Gasteiger partial charge in [-0.2, -0.15) is 9.60 Å². The van der Waals surface area contributed by atoms with Crippen LogP contribution in [0.15, 0.2) is 73.1 Å². The molecule has 0 aliphatic heterocycles. The molecule has 4 aromatic heterocycles. The van der Waals surface area contributed by atoms with E-state index in [2.05, 4.69) is 77.7 Å². The number of aromatic nitrogens is 10. The molecule has 0 saturated heterocycles. The zero-order chi connectivity index (χ0) is 31.0. The lowest BCUT2D eigenvalue weighted by molar-refractivity contribution is 0.291. The molecule has 0 bridgehead atoms. The highest BCUT2D eigenvalue weighted by molar-refractivity contribution is 6.30. The largest absolute Gasteiger partial charge is 0.489 e. The van der Waals surface area contributed by atoms with Gasteiger partial charge in [0.15, 0.2) is 10.9 Å². The van der Waals surface area contributed by atoms with Crippen molar-refractivity contribution in [2.75, 3.05) is 6.61 Å². The molecule has 0 atom stereocenters. The predicted molar refractivity (Wildman–Crippen MR) is 167 cm³/mol. The van der Waals surface area contributed by atoms with Crippen LogP contribution in [0.25, 0.3) is 22.5 Å². The summed E-state index contributed by atoms with van der Waals surface area (Å²) in [5.74, 6) is 1.03. The third-order valence-corrected chi connectivity index (χ3v) is 7.74. The Morgan fingerprint density at radius 3 is 2.56 bits per heavy atom. The molecule has 0 aliphatic carbocycles. The van der Waals surface area contributed by atoms with Crippen molar-refractivity contribution in [3.63, 3.8) is 0 Å². The molecule has 4 heterocycles. The van der Waals surface area contributed by atoms with Crippen LogP contribution in [0.5, 0.6) is 5.75 Å². The molecule has 6 rings (SSSR count). The van der Waals surface area contributed by atoms with Crippen molar-refractivity contribution in [3.05, 3.63) is 107 Å². The molecule has 0 spiro atoms. The van der Waals surface area contributed by atoms with Gasteiger partial charge >= 0.3 is 0 Å². The summed E-state index contributed by atoms with van der Waals surface area (Å²) in [6.45, 7) is 3.55. The average molecular weight is 626 g/mol. The number of hydrogen-bond donors (Lipinski definition) is 1. The fourth-order valence-corrected chi connectivity index (χ4v) is 5.40. The number of nitrogens with one attached hydrogen (secondary N) is 1. The minimum Gasteiger partial charge on any atom is -0.489 e. The number of benzene rings is 2. The lowest BCUT2D eigenvalue weighted by Gasteiger charge is -2.13. The Bertz CT molecular complexity index is 1840. The Kier molecular flexibility index (Phi) is 9.50. The highest BCUT2D eigenvalue weighted by atomic mass is 35.5. The molecule has 0 fully saturated rings. The van der Waals surface area contributed by atoms with E-state index in [0.29, 0.717) is 43.5 Å². The van der Waals surface area contributed by atoms with Gasteiger partial charge in [0.05, 0.1) is 24.5 Å². The standard InChI is InChI=1S/C32H32ClFN10O/c1-2-3-12-29-36-30(33)27(21-43-20-24(37-42-43)8-7-18-45-28-11-6-17-35-31(28)34)44(29)19-22-13-15-23(16-14-22)25-9-4-5-10-26(25)32-38-40-41-39-32/h4-6,9-11,13-17,20H,2-3,7-8,12,18-19,21H2,1H3,(H,38,39,40,41)/i34-1. The van der Waals surface area contributed by atoms with E-state index in [1.807, 2.05) is 24.4 Å². The molecule has 0 unspecified atom stereocenters. The van der Waals surface area contributed by atoms with E-state index in [4.69, 9.17) is 21.3 Å². The molecule has 1 N–H and O–H groups in total. The molecule has 6 aromatic rings. The maximum atomic E-state index is 13.7. The van der Waals surface area contributed by atoms with E-state index in [-0.39, 0.29) is 5.75 Å². The zero-order valence-corrected chi connectivity index (χ0v) is 25.5. The zero-order valence-electron chi connectivity index (χ0n) is 24.8. The molecule has 0 aliphatic rings. The van der Waals surface area contributed by atoms with Crippen molar-refractivity contribution in [1.82, 2.24) is 50.2 Å². The summed E-state index contributed by atoms with van der Waals surface area (Å²) in [6.07, 6.45) is 7.48. The van der Waals surface area contributed by atoms with Crippen LogP contribution in [0.1, 0.15) is 49.0 Å². The molecular formula is C32H32ClFN10O. The Morgan fingerprint density at radius 2 is 1.78 bits per heavy atom. The van der Waals surface area contributed by atoms with Crippen molar-refractivity contribution < 1.29 is 9.13 Å². The topological polar surface area (TPSA) is 125 Å². The van der Waals surface area contributed by atoms with Gasteiger partial charge in [0.2, 0.25) is 5.82 Å². The summed E-state index contributed by atoms with van der Waals surface area (Å²) in [5.41, 5.74) is 5.80. The van der Waals surface area contributed by atoms with Crippen LogP contribution < -0.4 is 4.74 Å². The monoisotopic (exact) mass is 625 g/mol. The molecule has 2 aromatic carbocycles. The number of rotatable bonds is 14. The van der Waals surface area contributed by atoms with Gasteiger partial charge in [-0.3, -0.25) is 0 Å². The quantitative estimate of drug-likeness (QED) is 0.116. The molecule has 11 nitrogen and oxygen atoms in total. The highest BCUT2D eigenvalue weighted by Crippen LogP contribution is 2.30. The number of ether oxygens (including phenoxy) is 1. The smallest absolute Gasteiger partial charge is 0.255 e. The predicted octanol–water partition coefficient (Wildman–Crippen LogP) is 5.96. The molecule has 0 radical (unpaired) electrons. The first kappa shape index (κ1) is 30.1. The van der Waals surface area contributed by atoms with Crippen molar-refractivity contribution in [3.8, 4) is 28.3 Å². The summed E-state index contributed by atoms with van der Waals surface area (Å²) in [5, 5.41) is 23.7. The first-order valence-electron chi connectivity index (χ1n) is 14.9. The van der Waals surface area contributed by atoms with Crippen LogP contribution in [0, 0.1) is 5.95 Å². The fourth-order valence-electron chi connectivity index (χ4n) is 5.14. The maximum Gasteiger partial charge on any atom is 0.255 e. The summed E-state index contributed by atoms with van der Waals surface area (Å²) in [4.78, 5) is 8.34. The van der Waals surface area contributed by atoms with E-state index in [1.165, 1.54) is 6.20 Å². The molecule has 0 amide bonds. The van der Waals surface area contributed by atoms with Gasteiger partial charge in [0.25, 0.3) is 5.95 Å². The van der Waals surface area contributed by atoms with Crippen LogP contribution in [-0.2, 0) is 25.9 Å². The van der Waals surface area contributed by atoms with Crippen molar-refractivity contribution in [2.24, 2.45) is 0 Å². The SMILES string of the molecule is CCCCc1nc(Cl)c(Cn2cc(CCCOc3cccnc3[18F])nn2)n1Cc1ccc(-c2ccccc2-c2nn[nH]n2)cc1. The number of unbranched alkanes of at least 4 members (excludes halogenated alkanes) is 1. The summed E-state index contributed by atoms with van der Waals surface area (Å²) in [6, 6.07) is 19.7. The first-order valence-corrected chi connectivity index (χ1v) is 15.2. The second-order valence-electron chi connectivity index (χ2n) is 10.6. The van der Waals surface area contributed by atoms with Gasteiger partial charge in [-0.25, -0.2) is 14.6 Å². The highest BCUT2D eigenvalue weighted by Gasteiger charge is 2.18. The van der Waals surface area contributed by atoms with Crippen LogP contribution in [0.4, 0.5) is 4.39 Å². The van der Waals surface area contributed by atoms with Crippen LogP contribution in [0.2, 0.25) is 5.15 Å². The minimum absolute atomic E-state index is 0.145. The van der Waals surface area contributed by atoms with Crippen LogP contribution in [-0.4, -0.2) is 56.8 Å². The molecule has 45 heavy (non-hydrogen) atoms. The van der Waals surface area contributed by atoms with Gasteiger partial charge in [-0.1, -0.05) is 78.7 Å². The fraction of sp³-hybridized carbons (Fsp3) is 0.281. The van der Waals surface area contributed by atoms with Crippen molar-refractivity contribution >= 4 is 11.6 Å². The summed E-state index contributed by atoms with van der Waals surface area (Å²) >= 11 is 6.73. The van der Waals surface area contributed by atoms with Crippen molar-refractivity contribution in [2.45, 2.75) is 52.1 Å². The van der Waals surface area contributed by atoms with E-state index in [1.54, 1.807) is 16.8 Å². The molecule has 13 heteroatoms. The number of hydrogen-bond acceptors (Lipinski definition) is 8. The summed E-state index contributed by atoms with van der Waals surface area (Å²) in [7, 11) is 0. The van der Waals surface area contributed by atoms with E-state index < -0.39 is 5.95 Å². The molecular weight excluding hydrogens is 594 g/mol. The number of aromatic amines is 1. The van der Waals surface area contributed by atoms with E-state index in [0.717, 1.165) is 58.7 Å². The lowest BCUT2D eigenvalue weighted by Crippen LogP contribution is -2.12. The molecule has 0 saturated carbocycles. The average Bonchev–Trinajstić information content (AvgIpc) is 3.82. The third-order valence-electron chi connectivity index (χ3n) is 7.43. The minimum atomic E-state index is -0.614. The van der Waals surface area contributed by atoms with E-state index in [9.17, 15) is 4.39 Å². The maximum absolute atomic E-state index is 13.7. The van der Waals surface area contributed by atoms with Crippen LogP contribution >= 0.6 is 11.6 Å². The summed E-state index contributed by atoms with van der Waals surface area (Å²) < 4.78 is 23.2. The third kappa shape index (κ3) is 7.23. The Morgan fingerprint density at radius 1 is 0.933 bits per heavy atom. The molecule has 230 valence electrons. The number of H-pyrrole nitrogens is 1. The number of pyridine rings is 1. The second-order valence-corrected chi connectivity index (χ2v) is 10.9. The second kappa shape index (κ2) is 14.2. The first-order chi connectivity index (χ1) is 22.1. The van der Waals surface area contributed by atoms with Gasteiger partial charge in [-0.05, 0) is 53.3 Å². The lowest BCUT2D eigenvalue weighted by atomic mass is 9.98. The van der Waals surface area contributed by atoms with Gasteiger partial charge < -0.3 is 9.30 Å².